The first-order valence-electron chi connectivity index (χ1n) is 11.2. The Morgan fingerprint density at radius 3 is 2.69 bits per heavy atom. The topological polar surface area (TPSA) is 149 Å². The highest BCUT2D eigenvalue weighted by atomic mass is 31.2. The van der Waals surface area contributed by atoms with Crippen molar-refractivity contribution in [1.82, 2.24) is 14.2 Å². The molecule has 196 valence electrons. The fourth-order valence-corrected chi connectivity index (χ4v) is 6.28. The first kappa shape index (κ1) is 26.2. The second-order valence-corrected chi connectivity index (χ2v) is 10.5. The minimum absolute atomic E-state index is 0.203. The fourth-order valence-electron chi connectivity index (χ4n) is 4.32. The lowest BCUT2D eigenvalue weighted by molar-refractivity contribution is -0.144. The summed E-state index contributed by atoms with van der Waals surface area (Å²) in [5, 5.41) is 10.6. The normalized spacial score (nSPS) is 30.1. The summed E-state index contributed by atoms with van der Waals surface area (Å²) in [5.41, 5.74) is -4.08. The second kappa shape index (κ2) is 10.3. The first-order chi connectivity index (χ1) is 17.1. The second-order valence-electron chi connectivity index (χ2n) is 8.65. The number of carbonyl (C=O) groups excluding carboxylic acids is 1. The summed E-state index contributed by atoms with van der Waals surface area (Å²) in [5.74, 6) is -0.406. The fraction of sp³-hybridized carbons (Fsp3) is 0.500. The van der Waals surface area contributed by atoms with E-state index in [4.69, 9.17) is 18.5 Å². The van der Waals surface area contributed by atoms with Crippen LogP contribution in [0.3, 0.4) is 0 Å². The third kappa shape index (κ3) is 5.02. The van der Waals surface area contributed by atoms with E-state index in [1.165, 1.54) is 11.8 Å². The third-order valence-electron chi connectivity index (χ3n) is 6.20. The Bertz CT molecular complexity index is 1250. The number of carbonyl (C=O) groups is 1. The van der Waals surface area contributed by atoms with Crippen LogP contribution < -0.4 is 15.8 Å². The zero-order valence-electron chi connectivity index (χ0n) is 19.6. The molecule has 1 aromatic heterocycles. The van der Waals surface area contributed by atoms with Crippen molar-refractivity contribution >= 4 is 13.7 Å². The number of hydrogen-bond donors (Lipinski definition) is 2. The number of aromatic amines is 1. The van der Waals surface area contributed by atoms with Crippen molar-refractivity contribution in [2.75, 3.05) is 20.3 Å². The summed E-state index contributed by atoms with van der Waals surface area (Å²) < 4.78 is 53.5. The molecule has 2 N–H and O–H groups in total. The molecule has 0 aliphatic carbocycles. The molecule has 3 heterocycles. The molecule has 36 heavy (non-hydrogen) atoms. The maximum Gasteiger partial charge on any atom is 0.462 e. The Morgan fingerprint density at radius 1 is 1.31 bits per heavy atom. The number of aromatic nitrogens is 2. The molecule has 2 saturated heterocycles. The van der Waals surface area contributed by atoms with Crippen LogP contribution in [-0.2, 0) is 23.4 Å². The van der Waals surface area contributed by atoms with E-state index >= 15 is 4.39 Å². The number of aliphatic hydroxyl groups is 1. The summed E-state index contributed by atoms with van der Waals surface area (Å²) in [4.78, 5) is 37.9. The third-order valence-corrected chi connectivity index (χ3v) is 8.22. The van der Waals surface area contributed by atoms with Crippen LogP contribution in [0.2, 0.25) is 0 Å². The van der Waals surface area contributed by atoms with Crippen molar-refractivity contribution in [1.29, 1.82) is 0 Å². The lowest BCUT2D eigenvalue weighted by Crippen LogP contribution is -2.44. The molecule has 0 amide bonds. The van der Waals surface area contributed by atoms with Crippen LogP contribution in [0.1, 0.15) is 26.0 Å². The van der Waals surface area contributed by atoms with Gasteiger partial charge in [0.1, 0.15) is 24.0 Å². The quantitative estimate of drug-likeness (QED) is 0.381. The van der Waals surface area contributed by atoms with Crippen molar-refractivity contribution < 1.29 is 37.4 Å². The summed E-state index contributed by atoms with van der Waals surface area (Å²) >= 11 is 0. The number of nitrogens with zero attached hydrogens (tertiary/aromatic N) is 2. The van der Waals surface area contributed by atoms with Gasteiger partial charge < -0.3 is 19.1 Å². The van der Waals surface area contributed by atoms with Gasteiger partial charge in [0.05, 0.1) is 13.7 Å². The van der Waals surface area contributed by atoms with Crippen molar-refractivity contribution in [2.45, 2.75) is 49.9 Å². The summed E-state index contributed by atoms with van der Waals surface area (Å²) in [6, 6.07) is 8.28. The SMILES string of the molecule is COC(=O)C1CCCN1P(=O)(OC[C@H]1O[C@@H](n2ccc(=O)[nH]c2=O)[C@](C)(F)[C@@H]1O)Oc1ccccc1. The Kier molecular flexibility index (Phi) is 7.48. The van der Waals surface area contributed by atoms with E-state index in [9.17, 15) is 24.1 Å². The molecule has 0 spiro atoms. The summed E-state index contributed by atoms with van der Waals surface area (Å²) in [6.45, 7) is 0.645. The van der Waals surface area contributed by atoms with Crippen LogP contribution in [0.25, 0.3) is 0 Å². The van der Waals surface area contributed by atoms with Gasteiger partial charge in [0, 0.05) is 18.8 Å². The Labute approximate surface area is 205 Å². The first-order valence-corrected chi connectivity index (χ1v) is 12.7. The van der Waals surface area contributed by atoms with Crippen molar-refractivity contribution in [3.8, 4) is 5.75 Å². The highest BCUT2D eigenvalue weighted by Gasteiger charge is 2.56. The Balaban J connectivity index is 1.59. The van der Waals surface area contributed by atoms with Crippen molar-refractivity contribution in [3.63, 3.8) is 0 Å². The summed E-state index contributed by atoms with van der Waals surface area (Å²) in [7, 11) is -3.02. The van der Waals surface area contributed by atoms with E-state index in [0.29, 0.717) is 12.8 Å². The lowest BCUT2D eigenvalue weighted by atomic mass is 9.98. The van der Waals surface area contributed by atoms with Gasteiger partial charge in [-0.05, 0) is 31.9 Å². The van der Waals surface area contributed by atoms with Gasteiger partial charge in [-0.3, -0.25) is 23.7 Å². The average Bonchev–Trinajstić information content (AvgIpc) is 3.43. The number of para-hydroxylation sites is 1. The highest BCUT2D eigenvalue weighted by Crippen LogP contribution is 2.56. The number of H-pyrrole nitrogens is 1. The molecule has 2 aromatic rings. The minimum Gasteiger partial charge on any atom is -0.468 e. The molecule has 4 rings (SSSR count). The van der Waals surface area contributed by atoms with Gasteiger partial charge in [0.2, 0.25) is 0 Å². The van der Waals surface area contributed by atoms with E-state index in [-0.39, 0.29) is 12.3 Å². The summed E-state index contributed by atoms with van der Waals surface area (Å²) in [6.07, 6.45) is -2.82. The van der Waals surface area contributed by atoms with Crippen LogP contribution >= 0.6 is 7.75 Å². The largest absolute Gasteiger partial charge is 0.468 e. The molecule has 2 aliphatic rings. The monoisotopic (exact) mass is 527 g/mol. The predicted octanol–water partition coefficient (Wildman–Crippen LogP) is 1.36. The van der Waals surface area contributed by atoms with Gasteiger partial charge in [-0.1, -0.05) is 18.2 Å². The van der Waals surface area contributed by atoms with E-state index in [2.05, 4.69) is 0 Å². The molecule has 14 heteroatoms. The smallest absolute Gasteiger partial charge is 0.462 e. The van der Waals surface area contributed by atoms with Gasteiger partial charge in [0.25, 0.3) is 5.56 Å². The van der Waals surface area contributed by atoms with Gasteiger partial charge in [0.15, 0.2) is 11.9 Å². The number of aliphatic hydroxyl groups excluding tert-OH is 1. The molecule has 0 bridgehead atoms. The van der Waals surface area contributed by atoms with E-state index < -0.39 is 61.7 Å². The van der Waals surface area contributed by atoms with Gasteiger partial charge >= 0.3 is 19.4 Å². The number of esters is 1. The van der Waals surface area contributed by atoms with Crippen LogP contribution in [0.5, 0.6) is 5.75 Å². The molecular weight excluding hydrogens is 500 g/mol. The Hall–Kier alpha value is -2.83. The standard InChI is InChI=1S/C22H27FN3O9P/c1-22(23)18(28)16(34-20(22)25-12-10-17(27)24-21(25)30)13-33-36(31,35-14-7-4-3-5-8-14)26-11-6-9-15(26)19(29)32-2/h3-5,7-8,10,12,15-16,18,20,28H,6,9,11,13H2,1-2H3,(H,24,27,30)/t15?,16-,18-,20-,22-,36?/m1/s1. The number of ether oxygens (including phenoxy) is 2. The zero-order valence-corrected chi connectivity index (χ0v) is 20.5. The molecule has 0 saturated carbocycles. The number of rotatable bonds is 8. The van der Waals surface area contributed by atoms with Gasteiger partial charge in [-0.25, -0.2) is 13.8 Å². The number of benzene rings is 1. The molecule has 12 nitrogen and oxygen atoms in total. The molecule has 2 aliphatic heterocycles. The van der Waals surface area contributed by atoms with E-state index in [1.807, 2.05) is 4.98 Å². The molecule has 2 unspecified atom stereocenters. The van der Waals surface area contributed by atoms with Crippen LogP contribution in [0.4, 0.5) is 4.39 Å². The van der Waals surface area contributed by atoms with Gasteiger partial charge in [-0.2, -0.15) is 4.67 Å². The highest BCUT2D eigenvalue weighted by molar-refractivity contribution is 7.51. The van der Waals surface area contributed by atoms with E-state index in [1.54, 1.807) is 30.3 Å². The van der Waals surface area contributed by atoms with Gasteiger partial charge in [-0.15, -0.1) is 0 Å². The van der Waals surface area contributed by atoms with Crippen molar-refractivity contribution in [2.24, 2.45) is 0 Å². The maximum atomic E-state index is 15.5. The number of methoxy groups -OCH3 is 1. The molecule has 6 atom stereocenters. The number of hydrogen-bond acceptors (Lipinski definition) is 9. The van der Waals surface area contributed by atoms with Crippen LogP contribution in [0.15, 0.2) is 52.2 Å². The average molecular weight is 527 g/mol. The van der Waals surface area contributed by atoms with E-state index in [0.717, 1.165) is 23.8 Å². The minimum atomic E-state index is -4.24. The molecule has 2 fully saturated rings. The van der Waals surface area contributed by atoms with Crippen molar-refractivity contribution in [3.05, 3.63) is 63.4 Å². The number of alkyl halides is 1. The maximum absolute atomic E-state index is 15.5. The zero-order chi connectivity index (χ0) is 26.1. The van der Waals surface area contributed by atoms with Crippen LogP contribution in [0, 0.1) is 0 Å². The molecule has 1 aromatic carbocycles. The Morgan fingerprint density at radius 2 is 2.03 bits per heavy atom. The van der Waals surface area contributed by atoms with Crippen LogP contribution in [-0.4, -0.2) is 69.5 Å². The predicted molar refractivity (Wildman–Crippen MR) is 123 cm³/mol. The number of nitrogens with one attached hydrogen (secondary N) is 1. The molecule has 0 radical (unpaired) electrons. The molecular formula is C22H27FN3O9P. The number of halogens is 1. The lowest BCUT2D eigenvalue weighted by Gasteiger charge is -2.31.